The van der Waals surface area contributed by atoms with Crippen LogP contribution in [0.5, 0.6) is 0 Å². The van der Waals surface area contributed by atoms with Crippen LogP contribution in [0.4, 0.5) is 5.82 Å². The highest BCUT2D eigenvalue weighted by Gasteiger charge is 2.11. The first-order valence-electron chi connectivity index (χ1n) is 6.60. The van der Waals surface area contributed by atoms with Crippen LogP contribution in [0.15, 0.2) is 18.3 Å². The third-order valence-electron chi connectivity index (χ3n) is 2.85. The third kappa shape index (κ3) is 4.35. The lowest BCUT2D eigenvalue weighted by Gasteiger charge is -2.26. The molecule has 0 atom stereocenters. The third-order valence-corrected chi connectivity index (χ3v) is 2.85. The maximum absolute atomic E-state index is 4.40. The fraction of sp³-hybridized carbons (Fsp3) is 0.643. The number of rotatable bonds is 7. The summed E-state index contributed by atoms with van der Waals surface area (Å²) in [7, 11) is 0. The molecule has 1 N–H and O–H groups in total. The van der Waals surface area contributed by atoms with E-state index in [4.69, 9.17) is 0 Å². The Balaban J connectivity index is 2.77. The Labute approximate surface area is 105 Å². The summed E-state index contributed by atoms with van der Waals surface area (Å²) in [5.74, 6) is 1.02. The summed E-state index contributed by atoms with van der Waals surface area (Å²) in [6, 6.07) is 4.75. The maximum Gasteiger partial charge on any atom is 0.130 e. The van der Waals surface area contributed by atoms with Gasteiger partial charge in [0, 0.05) is 30.9 Å². The van der Waals surface area contributed by atoms with Crippen molar-refractivity contribution < 1.29 is 0 Å². The fourth-order valence-corrected chi connectivity index (χ4v) is 1.92. The highest BCUT2D eigenvalue weighted by Crippen LogP contribution is 2.15. The van der Waals surface area contributed by atoms with E-state index in [1.54, 1.807) is 0 Å². The Morgan fingerprint density at radius 3 is 2.71 bits per heavy atom. The average Bonchev–Trinajstić information content (AvgIpc) is 2.31. The number of hydrogen-bond acceptors (Lipinski definition) is 3. The van der Waals surface area contributed by atoms with Crippen molar-refractivity contribution in [2.75, 3.05) is 18.4 Å². The standard InChI is InChI=1S/C14H25N3/c1-5-10-17(12(3)4)11-13-8-7-9-16-14(13)15-6-2/h7-9,12H,5-6,10-11H2,1-4H3,(H,15,16). The second-order valence-electron chi connectivity index (χ2n) is 4.61. The Kier molecular flexibility index (Phi) is 5.98. The summed E-state index contributed by atoms with van der Waals surface area (Å²) in [6.07, 6.45) is 3.04. The predicted octanol–water partition coefficient (Wildman–Crippen LogP) is 3.13. The SMILES string of the molecule is CCCN(Cc1cccnc1NCC)C(C)C. The zero-order valence-electron chi connectivity index (χ0n) is 11.5. The normalized spacial score (nSPS) is 11.2. The van der Waals surface area contributed by atoms with Gasteiger partial charge in [0.25, 0.3) is 0 Å². The van der Waals surface area contributed by atoms with Gasteiger partial charge in [-0.2, -0.15) is 0 Å². The van der Waals surface area contributed by atoms with Crippen LogP contribution in [0.2, 0.25) is 0 Å². The molecule has 96 valence electrons. The average molecular weight is 235 g/mol. The van der Waals surface area contributed by atoms with Crippen LogP contribution >= 0.6 is 0 Å². The Bertz CT molecular complexity index is 323. The first-order valence-corrected chi connectivity index (χ1v) is 6.60. The smallest absolute Gasteiger partial charge is 0.130 e. The Hall–Kier alpha value is -1.09. The minimum Gasteiger partial charge on any atom is -0.370 e. The number of aromatic nitrogens is 1. The van der Waals surface area contributed by atoms with Crippen molar-refractivity contribution in [2.45, 2.75) is 46.7 Å². The van der Waals surface area contributed by atoms with Crippen LogP contribution in [-0.4, -0.2) is 29.0 Å². The van der Waals surface area contributed by atoms with Crippen LogP contribution in [0.1, 0.15) is 39.7 Å². The van der Waals surface area contributed by atoms with Crippen LogP contribution < -0.4 is 5.32 Å². The summed E-state index contributed by atoms with van der Waals surface area (Å²) >= 11 is 0. The van der Waals surface area contributed by atoms with Crippen LogP contribution in [0.3, 0.4) is 0 Å². The van der Waals surface area contributed by atoms with Gasteiger partial charge in [-0.15, -0.1) is 0 Å². The first kappa shape index (κ1) is 14.0. The van der Waals surface area contributed by atoms with E-state index in [0.717, 1.165) is 25.5 Å². The van der Waals surface area contributed by atoms with Gasteiger partial charge >= 0.3 is 0 Å². The molecule has 1 aromatic rings. The lowest BCUT2D eigenvalue weighted by atomic mass is 10.2. The van der Waals surface area contributed by atoms with Crippen molar-refractivity contribution in [2.24, 2.45) is 0 Å². The van der Waals surface area contributed by atoms with Gasteiger partial charge in [-0.05, 0) is 39.8 Å². The molecule has 3 nitrogen and oxygen atoms in total. The molecule has 0 amide bonds. The molecule has 1 aromatic heterocycles. The number of anilines is 1. The van der Waals surface area contributed by atoms with Crippen molar-refractivity contribution in [1.82, 2.24) is 9.88 Å². The first-order chi connectivity index (χ1) is 8.19. The van der Waals surface area contributed by atoms with Crippen molar-refractivity contribution in [3.63, 3.8) is 0 Å². The molecule has 0 aliphatic rings. The number of hydrogen-bond donors (Lipinski definition) is 1. The minimum atomic E-state index is 0.574. The number of nitrogens with zero attached hydrogens (tertiary/aromatic N) is 2. The molecule has 1 heterocycles. The molecule has 0 bridgehead atoms. The van der Waals surface area contributed by atoms with Gasteiger partial charge in [-0.3, -0.25) is 4.90 Å². The summed E-state index contributed by atoms with van der Waals surface area (Å²) in [5, 5.41) is 3.32. The number of nitrogens with one attached hydrogen (secondary N) is 1. The molecule has 0 saturated carbocycles. The van der Waals surface area contributed by atoms with Gasteiger partial charge in [-0.25, -0.2) is 4.98 Å². The van der Waals surface area contributed by atoms with Crippen molar-refractivity contribution >= 4 is 5.82 Å². The topological polar surface area (TPSA) is 28.2 Å². The van der Waals surface area contributed by atoms with E-state index in [-0.39, 0.29) is 0 Å². The second-order valence-corrected chi connectivity index (χ2v) is 4.61. The van der Waals surface area contributed by atoms with E-state index < -0.39 is 0 Å². The molecule has 0 spiro atoms. The quantitative estimate of drug-likeness (QED) is 0.787. The monoisotopic (exact) mass is 235 g/mol. The van der Waals surface area contributed by atoms with E-state index in [0.29, 0.717) is 6.04 Å². The largest absolute Gasteiger partial charge is 0.370 e. The molecule has 17 heavy (non-hydrogen) atoms. The van der Waals surface area contributed by atoms with Crippen molar-refractivity contribution in [3.8, 4) is 0 Å². The van der Waals surface area contributed by atoms with Crippen LogP contribution in [0.25, 0.3) is 0 Å². The summed E-state index contributed by atoms with van der Waals surface area (Å²) in [4.78, 5) is 6.89. The minimum absolute atomic E-state index is 0.574. The maximum atomic E-state index is 4.40. The van der Waals surface area contributed by atoms with Gasteiger partial charge in [0.15, 0.2) is 0 Å². The molecule has 0 aliphatic carbocycles. The molecule has 0 aromatic carbocycles. The van der Waals surface area contributed by atoms with E-state index in [9.17, 15) is 0 Å². The molecule has 0 unspecified atom stereocenters. The van der Waals surface area contributed by atoms with Crippen LogP contribution in [0, 0.1) is 0 Å². The van der Waals surface area contributed by atoms with Gasteiger partial charge in [0.2, 0.25) is 0 Å². The lowest BCUT2D eigenvalue weighted by molar-refractivity contribution is 0.213. The van der Waals surface area contributed by atoms with Crippen molar-refractivity contribution in [1.29, 1.82) is 0 Å². The lowest BCUT2D eigenvalue weighted by Crippen LogP contribution is -2.31. The Morgan fingerprint density at radius 2 is 2.12 bits per heavy atom. The van der Waals surface area contributed by atoms with Gasteiger partial charge < -0.3 is 5.32 Å². The summed E-state index contributed by atoms with van der Waals surface area (Å²) in [5.41, 5.74) is 1.29. The highest BCUT2D eigenvalue weighted by atomic mass is 15.1. The zero-order chi connectivity index (χ0) is 12.7. The van der Waals surface area contributed by atoms with E-state index in [1.165, 1.54) is 12.0 Å². The predicted molar refractivity (Wildman–Crippen MR) is 74.2 cm³/mol. The summed E-state index contributed by atoms with van der Waals surface area (Å²) in [6.45, 7) is 11.9. The van der Waals surface area contributed by atoms with Crippen molar-refractivity contribution in [3.05, 3.63) is 23.9 Å². The van der Waals surface area contributed by atoms with E-state index in [1.807, 2.05) is 12.3 Å². The fourth-order valence-electron chi connectivity index (χ4n) is 1.92. The van der Waals surface area contributed by atoms with Crippen LogP contribution in [-0.2, 0) is 6.54 Å². The molecule has 0 radical (unpaired) electrons. The molecule has 3 heteroatoms. The molecular formula is C14H25N3. The molecule has 0 aliphatic heterocycles. The van der Waals surface area contributed by atoms with Gasteiger partial charge in [0.1, 0.15) is 5.82 Å². The molecule has 1 rings (SSSR count). The molecular weight excluding hydrogens is 210 g/mol. The number of pyridine rings is 1. The van der Waals surface area contributed by atoms with Gasteiger partial charge in [0.05, 0.1) is 0 Å². The van der Waals surface area contributed by atoms with Gasteiger partial charge in [-0.1, -0.05) is 13.0 Å². The molecule has 0 fully saturated rings. The second kappa shape index (κ2) is 7.28. The highest BCUT2D eigenvalue weighted by molar-refractivity contribution is 5.43. The van der Waals surface area contributed by atoms with E-state index >= 15 is 0 Å². The Morgan fingerprint density at radius 1 is 1.35 bits per heavy atom. The zero-order valence-corrected chi connectivity index (χ0v) is 11.5. The van der Waals surface area contributed by atoms with E-state index in [2.05, 4.69) is 49.0 Å². The molecule has 0 saturated heterocycles. The summed E-state index contributed by atoms with van der Waals surface area (Å²) < 4.78 is 0.